The molecule has 2 aliphatic rings. The molecular weight excluding hydrogens is 290 g/mol. The van der Waals surface area contributed by atoms with E-state index in [1.807, 2.05) is 0 Å². The van der Waals surface area contributed by atoms with Gasteiger partial charge in [0.15, 0.2) is 0 Å². The van der Waals surface area contributed by atoms with Crippen molar-refractivity contribution in [2.75, 3.05) is 33.9 Å². The van der Waals surface area contributed by atoms with E-state index in [1.165, 1.54) is 49.7 Å². The number of hydrogen-bond donors (Lipinski definition) is 0. The number of carbonyl (C=O) groups excluding carboxylic acids is 1. The summed E-state index contributed by atoms with van der Waals surface area (Å²) in [5.74, 6) is 1.04. The van der Waals surface area contributed by atoms with Gasteiger partial charge in [-0.25, -0.2) is 4.79 Å². The van der Waals surface area contributed by atoms with E-state index in [4.69, 9.17) is 9.47 Å². The van der Waals surface area contributed by atoms with Gasteiger partial charge in [0.1, 0.15) is 12.4 Å². The zero-order chi connectivity index (χ0) is 16.3. The van der Waals surface area contributed by atoms with Crippen molar-refractivity contribution in [3.8, 4) is 5.75 Å². The molecule has 1 aromatic carbocycles. The Kier molecular flexibility index (Phi) is 4.90. The van der Waals surface area contributed by atoms with E-state index in [1.54, 1.807) is 31.4 Å². The van der Waals surface area contributed by atoms with E-state index in [0.29, 0.717) is 24.1 Å². The van der Waals surface area contributed by atoms with Gasteiger partial charge >= 0.3 is 5.97 Å². The number of quaternary nitrogens is 1. The van der Waals surface area contributed by atoms with E-state index in [0.717, 1.165) is 5.75 Å². The van der Waals surface area contributed by atoms with Gasteiger partial charge in [0.05, 0.1) is 38.9 Å². The maximum atomic E-state index is 12.3. The van der Waals surface area contributed by atoms with E-state index < -0.39 is 0 Å². The molecule has 3 rings (SSSR count). The van der Waals surface area contributed by atoms with Crippen LogP contribution in [0.4, 0.5) is 0 Å². The number of hydrogen-bond acceptors (Lipinski definition) is 3. The Balaban J connectivity index is 1.59. The van der Waals surface area contributed by atoms with Crippen LogP contribution in [-0.4, -0.2) is 50.3 Å². The molecule has 2 heterocycles. The molecule has 1 aromatic rings. The Labute approximate surface area is 139 Å². The number of esters is 1. The van der Waals surface area contributed by atoms with E-state index >= 15 is 0 Å². The first-order valence-electron chi connectivity index (χ1n) is 8.78. The molecule has 2 saturated heterocycles. The highest BCUT2D eigenvalue weighted by Crippen LogP contribution is 2.36. The molecule has 0 spiro atoms. The zero-order valence-corrected chi connectivity index (χ0v) is 14.3. The maximum absolute atomic E-state index is 12.3. The fraction of sp³-hybridized carbons (Fsp3) is 0.632. The summed E-state index contributed by atoms with van der Waals surface area (Å²) < 4.78 is 12.0. The van der Waals surface area contributed by atoms with Gasteiger partial charge in [0.25, 0.3) is 0 Å². The van der Waals surface area contributed by atoms with Crippen molar-refractivity contribution < 1.29 is 18.8 Å². The normalized spacial score (nSPS) is 30.3. The number of piperidine rings is 2. The first kappa shape index (κ1) is 16.3. The molecule has 0 amide bonds. The van der Waals surface area contributed by atoms with Crippen molar-refractivity contribution in [3.63, 3.8) is 0 Å². The van der Waals surface area contributed by atoms with Crippen molar-refractivity contribution in [1.82, 2.24) is 0 Å². The van der Waals surface area contributed by atoms with Crippen molar-refractivity contribution in [2.24, 2.45) is 5.92 Å². The van der Waals surface area contributed by atoms with E-state index in [2.05, 4.69) is 7.05 Å². The van der Waals surface area contributed by atoms with Gasteiger partial charge in [-0.1, -0.05) is 0 Å². The summed E-state index contributed by atoms with van der Waals surface area (Å²) in [4.78, 5) is 12.3. The van der Waals surface area contributed by atoms with Gasteiger partial charge in [0.2, 0.25) is 0 Å². The Morgan fingerprint density at radius 1 is 1.13 bits per heavy atom. The minimum absolute atomic E-state index is 0.219. The van der Waals surface area contributed by atoms with Crippen molar-refractivity contribution >= 4 is 5.97 Å². The van der Waals surface area contributed by atoms with Gasteiger partial charge < -0.3 is 14.0 Å². The van der Waals surface area contributed by atoms with Crippen molar-refractivity contribution in [1.29, 1.82) is 0 Å². The second-order valence-corrected chi connectivity index (χ2v) is 7.22. The fourth-order valence-corrected chi connectivity index (χ4v) is 4.42. The molecule has 0 radical (unpaired) electrons. The second-order valence-electron chi connectivity index (χ2n) is 7.22. The molecule has 23 heavy (non-hydrogen) atoms. The number of ether oxygens (including phenoxy) is 2. The molecule has 4 nitrogen and oxygen atoms in total. The summed E-state index contributed by atoms with van der Waals surface area (Å²) in [6.45, 7) is 3.13. The monoisotopic (exact) mass is 318 g/mol. The number of fused-ring (bicyclic) bond motifs is 1. The first-order chi connectivity index (χ1) is 11.1. The SMILES string of the molecule is COc1ccc(C(=O)OC[C@H]2CCC[N@@+]3(C)CCCC[C@H]23)cc1. The second kappa shape index (κ2) is 6.91. The first-order valence-corrected chi connectivity index (χ1v) is 8.78. The van der Waals surface area contributed by atoms with Gasteiger partial charge in [-0.3, -0.25) is 0 Å². The lowest BCUT2D eigenvalue weighted by atomic mass is 9.82. The summed E-state index contributed by atoms with van der Waals surface area (Å²) in [5, 5.41) is 0. The lowest BCUT2D eigenvalue weighted by Gasteiger charge is -2.51. The predicted octanol–water partition coefficient (Wildman–Crippen LogP) is 3.26. The number of benzene rings is 1. The predicted molar refractivity (Wildman–Crippen MR) is 89.6 cm³/mol. The Morgan fingerprint density at radius 2 is 1.87 bits per heavy atom. The number of rotatable bonds is 4. The van der Waals surface area contributed by atoms with Crippen LogP contribution in [-0.2, 0) is 4.74 Å². The molecule has 0 bridgehead atoms. The Bertz CT molecular complexity index is 538. The van der Waals surface area contributed by atoms with Gasteiger partial charge in [-0.15, -0.1) is 0 Å². The largest absolute Gasteiger partial charge is 0.497 e. The number of methoxy groups -OCH3 is 1. The average Bonchev–Trinajstić information content (AvgIpc) is 2.59. The molecule has 126 valence electrons. The lowest BCUT2D eigenvalue weighted by Crippen LogP contribution is -2.61. The van der Waals surface area contributed by atoms with E-state index in [-0.39, 0.29) is 5.97 Å². The highest BCUT2D eigenvalue weighted by atomic mass is 16.5. The molecule has 2 fully saturated rings. The molecule has 0 aliphatic carbocycles. The Morgan fingerprint density at radius 3 is 2.61 bits per heavy atom. The van der Waals surface area contributed by atoms with Crippen LogP contribution in [0.1, 0.15) is 42.5 Å². The van der Waals surface area contributed by atoms with Crippen LogP contribution in [0.25, 0.3) is 0 Å². The highest BCUT2D eigenvalue weighted by Gasteiger charge is 2.43. The van der Waals surface area contributed by atoms with Crippen LogP contribution >= 0.6 is 0 Å². The molecule has 3 atom stereocenters. The molecule has 0 unspecified atom stereocenters. The fourth-order valence-electron chi connectivity index (χ4n) is 4.42. The summed E-state index contributed by atoms with van der Waals surface area (Å²) in [6.07, 6.45) is 6.38. The molecule has 0 aromatic heterocycles. The minimum atomic E-state index is -0.219. The summed E-state index contributed by atoms with van der Waals surface area (Å²) in [5.41, 5.74) is 0.600. The zero-order valence-electron chi connectivity index (χ0n) is 14.3. The minimum Gasteiger partial charge on any atom is -0.497 e. The Hall–Kier alpha value is -1.55. The topological polar surface area (TPSA) is 35.5 Å². The lowest BCUT2D eigenvalue weighted by molar-refractivity contribution is -0.947. The van der Waals surface area contributed by atoms with Crippen molar-refractivity contribution in [2.45, 2.75) is 38.1 Å². The molecule has 0 N–H and O–H groups in total. The van der Waals surface area contributed by atoms with Gasteiger partial charge in [-0.05, 0) is 49.9 Å². The summed E-state index contributed by atoms with van der Waals surface area (Å²) >= 11 is 0. The number of nitrogens with zero attached hydrogens (tertiary/aromatic N) is 1. The highest BCUT2D eigenvalue weighted by molar-refractivity contribution is 5.89. The van der Waals surface area contributed by atoms with Crippen molar-refractivity contribution in [3.05, 3.63) is 29.8 Å². The summed E-state index contributed by atoms with van der Waals surface area (Å²) in [7, 11) is 4.01. The van der Waals surface area contributed by atoms with Gasteiger partial charge in [-0.2, -0.15) is 0 Å². The standard InChI is InChI=1S/C19H28NO3/c1-20-12-4-3-7-18(20)16(6-5-13-20)14-23-19(21)15-8-10-17(22-2)11-9-15/h8-11,16,18H,3-7,12-14H2,1-2H3/q+1/t16-,18-,20-/m1/s1. The number of carbonyl (C=O) groups is 1. The van der Waals surface area contributed by atoms with Crippen LogP contribution < -0.4 is 4.74 Å². The van der Waals surface area contributed by atoms with Crippen LogP contribution in [0.15, 0.2) is 24.3 Å². The quantitative estimate of drug-likeness (QED) is 0.631. The van der Waals surface area contributed by atoms with Crippen LogP contribution in [0.3, 0.4) is 0 Å². The maximum Gasteiger partial charge on any atom is 0.338 e. The summed E-state index contributed by atoms with van der Waals surface area (Å²) in [6, 6.07) is 7.80. The molecule has 0 saturated carbocycles. The van der Waals surface area contributed by atoms with E-state index in [9.17, 15) is 4.79 Å². The van der Waals surface area contributed by atoms with Crippen LogP contribution in [0.2, 0.25) is 0 Å². The molecule has 2 aliphatic heterocycles. The third-order valence-electron chi connectivity index (χ3n) is 5.76. The van der Waals surface area contributed by atoms with Crippen LogP contribution in [0, 0.1) is 5.92 Å². The average molecular weight is 318 g/mol. The molecule has 4 heteroatoms. The van der Waals surface area contributed by atoms with Crippen LogP contribution in [0.5, 0.6) is 5.75 Å². The third-order valence-corrected chi connectivity index (χ3v) is 5.76. The smallest absolute Gasteiger partial charge is 0.338 e. The third kappa shape index (κ3) is 3.52. The van der Waals surface area contributed by atoms with Gasteiger partial charge in [0, 0.05) is 12.3 Å². The molecular formula is C19H28NO3+.